The van der Waals surface area contributed by atoms with Gasteiger partial charge >= 0.3 is 0 Å². The summed E-state index contributed by atoms with van der Waals surface area (Å²) in [4.78, 5) is 9.08. The number of aliphatic hydroxyl groups is 1. The Morgan fingerprint density at radius 1 is 1.16 bits per heavy atom. The highest BCUT2D eigenvalue weighted by Gasteiger charge is 2.11. The van der Waals surface area contributed by atoms with Gasteiger partial charge in [0.2, 0.25) is 0 Å². The van der Waals surface area contributed by atoms with Crippen LogP contribution in [0.3, 0.4) is 0 Å². The molecule has 0 saturated carbocycles. The Balaban J connectivity index is 2.78. The molecule has 1 aromatic rings. The van der Waals surface area contributed by atoms with Crippen LogP contribution < -0.4 is 10.6 Å². The third kappa shape index (κ3) is 4.67. The second-order valence-corrected chi connectivity index (χ2v) is 5.23. The van der Waals surface area contributed by atoms with Crippen molar-refractivity contribution in [2.75, 3.05) is 24.2 Å². The number of hydrogen-bond donors (Lipinski definition) is 3. The van der Waals surface area contributed by atoms with E-state index in [9.17, 15) is 5.11 Å². The second kappa shape index (κ2) is 7.28. The second-order valence-electron chi connectivity index (χ2n) is 5.23. The van der Waals surface area contributed by atoms with E-state index in [1.54, 1.807) is 0 Å². The van der Waals surface area contributed by atoms with Crippen molar-refractivity contribution in [2.24, 2.45) is 0 Å². The lowest BCUT2D eigenvalue weighted by molar-refractivity contribution is 0.183. The van der Waals surface area contributed by atoms with Crippen LogP contribution in [0.25, 0.3) is 0 Å². The zero-order chi connectivity index (χ0) is 14.4. The van der Waals surface area contributed by atoms with E-state index in [1.165, 1.54) is 0 Å². The van der Waals surface area contributed by atoms with Gasteiger partial charge in [-0.25, -0.2) is 9.97 Å². The van der Waals surface area contributed by atoms with Crippen molar-refractivity contribution in [2.45, 2.75) is 52.6 Å². The van der Waals surface area contributed by atoms with E-state index in [4.69, 9.17) is 0 Å². The normalized spacial score (nSPS) is 12.6. The zero-order valence-electron chi connectivity index (χ0n) is 12.6. The number of rotatable bonds is 7. The molecule has 5 heteroatoms. The highest BCUT2D eigenvalue weighted by molar-refractivity contribution is 5.57. The van der Waals surface area contributed by atoms with E-state index in [0.29, 0.717) is 5.92 Å². The first-order valence-electron chi connectivity index (χ1n) is 6.94. The van der Waals surface area contributed by atoms with E-state index in [1.807, 2.05) is 20.9 Å². The first kappa shape index (κ1) is 15.7. The van der Waals surface area contributed by atoms with Crippen LogP contribution in [-0.2, 0) is 0 Å². The average molecular weight is 266 g/mol. The maximum absolute atomic E-state index is 9.24. The van der Waals surface area contributed by atoms with Crippen LogP contribution in [0.5, 0.6) is 0 Å². The maximum atomic E-state index is 9.24. The van der Waals surface area contributed by atoms with Crippen LogP contribution in [0.15, 0.2) is 0 Å². The summed E-state index contributed by atoms with van der Waals surface area (Å²) in [5, 5.41) is 15.7. The Bertz CT molecular complexity index is 405. The fourth-order valence-electron chi connectivity index (χ4n) is 1.81. The van der Waals surface area contributed by atoms with Crippen LogP contribution in [0.2, 0.25) is 0 Å². The number of anilines is 2. The lowest BCUT2D eigenvalue weighted by Crippen LogP contribution is -2.12. The van der Waals surface area contributed by atoms with Gasteiger partial charge < -0.3 is 15.7 Å². The number of aromatic nitrogens is 2. The van der Waals surface area contributed by atoms with Gasteiger partial charge in [0.15, 0.2) is 0 Å². The highest BCUT2D eigenvalue weighted by atomic mass is 16.3. The van der Waals surface area contributed by atoms with Crippen molar-refractivity contribution < 1.29 is 5.11 Å². The molecule has 0 spiro atoms. The van der Waals surface area contributed by atoms with E-state index in [2.05, 4.69) is 34.4 Å². The van der Waals surface area contributed by atoms with Crippen molar-refractivity contribution in [1.82, 2.24) is 9.97 Å². The minimum Gasteiger partial charge on any atom is -0.393 e. The van der Waals surface area contributed by atoms with E-state index in [-0.39, 0.29) is 6.10 Å². The minimum absolute atomic E-state index is 0.243. The first-order valence-corrected chi connectivity index (χ1v) is 6.94. The summed E-state index contributed by atoms with van der Waals surface area (Å²) in [5.74, 6) is 2.89. The molecule has 1 aromatic heterocycles. The monoisotopic (exact) mass is 266 g/mol. The molecular weight excluding hydrogens is 240 g/mol. The Morgan fingerprint density at radius 3 is 2.32 bits per heavy atom. The molecule has 0 aliphatic heterocycles. The van der Waals surface area contributed by atoms with Gasteiger partial charge in [0.05, 0.1) is 6.10 Å². The van der Waals surface area contributed by atoms with Gasteiger partial charge in [-0.05, 0) is 26.7 Å². The van der Waals surface area contributed by atoms with Crippen molar-refractivity contribution in [3.05, 3.63) is 11.4 Å². The Labute approximate surface area is 115 Å². The number of nitrogens with one attached hydrogen (secondary N) is 2. The topological polar surface area (TPSA) is 70.1 Å². The summed E-state index contributed by atoms with van der Waals surface area (Å²) < 4.78 is 0. The van der Waals surface area contributed by atoms with Crippen LogP contribution in [0, 0.1) is 6.92 Å². The van der Waals surface area contributed by atoms with Crippen molar-refractivity contribution in [3.63, 3.8) is 0 Å². The lowest BCUT2D eigenvalue weighted by atomic mass is 10.2. The third-order valence-electron chi connectivity index (χ3n) is 3.01. The molecule has 0 bridgehead atoms. The molecule has 3 N–H and O–H groups in total. The summed E-state index contributed by atoms with van der Waals surface area (Å²) in [5.41, 5.74) is 1.03. The number of hydrogen-bond acceptors (Lipinski definition) is 5. The molecule has 108 valence electrons. The fraction of sp³-hybridized carbons (Fsp3) is 0.714. The van der Waals surface area contributed by atoms with Crippen molar-refractivity contribution in [1.29, 1.82) is 0 Å². The molecular formula is C14H26N4O. The van der Waals surface area contributed by atoms with E-state index < -0.39 is 0 Å². The van der Waals surface area contributed by atoms with Crippen molar-refractivity contribution >= 4 is 11.6 Å². The van der Waals surface area contributed by atoms with Crippen LogP contribution in [0.4, 0.5) is 11.6 Å². The zero-order valence-corrected chi connectivity index (χ0v) is 12.6. The van der Waals surface area contributed by atoms with Gasteiger partial charge in [-0.1, -0.05) is 13.8 Å². The van der Waals surface area contributed by atoms with Gasteiger partial charge in [0.25, 0.3) is 0 Å². The molecule has 0 aromatic carbocycles. The van der Waals surface area contributed by atoms with Gasteiger partial charge in [0.1, 0.15) is 17.5 Å². The van der Waals surface area contributed by atoms with E-state index in [0.717, 1.165) is 42.4 Å². The molecule has 19 heavy (non-hydrogen) atoms. The summed E-state index contributed by atoms with van der Waals surface area (Å²) in [7, 11) is 1.87. The summed E-state index contributed by atoms with van der Waals surface area (Å²) >= 11 is 0. The van der Waals surface area contributed by atoms with Gasteiger partial charge in [-0.3, -0.25) is 0 Å². The average Bonchev–Trinajstić information content (AvgIpc) is 2.35. The molecule has 1 rings (SSSR count). The van der Waals surface area contributed by atoms with Crippen LogP contribution in [0.1, 0.15) is 50.9 Å². The maximum Gasteiger partial charge on any atom is 0.135 e. The molecule has 0 radical (unpaired) electrons. The molecule has 0 saturated heterocycles. The largest absolute Gasteiger partial charge is 0.393 e. The summed E-state index contributed by atoms with van der Waals surface area (Å²) in [6.07, 6.45) is 1.48. The van der Waals surface area contributed by atoms with Crippen LogP contribution in [-0.4, -0.2) is 34.8 Å². The summed E-state index contributed by atoms with van der Waals surface area (Å²) in [6, 6.07) is 0. The Kier molecular flexibility index (Phi) is 6.02. The minimum atomic E-state index is -0.243. The standard InChI is InChI=1S/C14H26N4O/c1-9(2)12-17-13(15-5)11(4)14(18-12)16-8-6-7-10(3)19/h9-10,19H,6-8H2,1-5H3,(H2,15,16,17,18). The van der Waals surface area contributed by atoms with Gasteiger partial charge in [-0.15, -0.1) is 0 Å². The molecule has 0 aliphatic rings. The number of aliphatic hydroxyl groups excluding tert-OH is 1. The summed E-state index contributed by atoms with van der Waals surface area (Å²) in [6.45, 7) is 8.80. The molecule has 0 amide bonds. The van der Waals surface area contributed by atoms with Crippen molar-refractivity contribution in [3.8, 4) is 0 Å². The molecule has 1 atom stereocenters. The SMILES string of the molecule is CNc1nc(C(C)C)nc(NCCCC(C)O)c1C. The first-order chi connectivity index (χ1) is 8.95. The van der Waals surface area contributed by atoms with Gasteiger partial charge in [-0.2, -0.15) is 0 Å². The Morgan fingerprint density at radius 2 is 1.79 bits per heavy atom. The lowest BCUT2D eigenvalue weighted by Gasteiger charge is -2.15. The van der Waals surface area contributed by atoms with Crippen LogP contribution >= 0.6 is 0 Å². The smallest absolute Gasteiger partial charge is 0.135 e. The molecule has 0 fully saturated rings. The molecule has 5 nitrogen and oxygen atoms in total. The van der Waals surface area contributed by atoms with E-state index >= 15 is 0 Å². The predicted octanol–water partition coefficient (Wildman–Crippen LogP) is 2.52. The molecule has 1 heterocycles. The number of nitrogens with zero attached hydrogens (tertiary/aromatic N) is 2. The fourth-order valence-corrected chi connectivity index (χ4v) is 1.81. The predicted molar refractivity (Wildman–Crippen MR) is 79.8 cm³/mol. The third-order valence-corrected chi connectivity index (χ3v) is 3.01. The quantitative estimate of drug-likeness (QED) is 0.662. The molecule has 0 aliphatic carbocycles. The molecule has 1 unspecified atom stereocenters. The Hall–Kier alpha value is -1.36. The van der Waals surface area contributed by atoms with Gasteiger partial charge in [0, 0.05) is 25.1 Å². The highest BCUT2D eigenvalue weighted by Crippen LogP contribution is 2.22.